The van der Waals surface area contributed by atoms with E-state index >= 15 is 0 Å². The third-order valence-corrected chi connectivity index (χ3v) is 3.15. The number of nitrogens with zero attached hydrogens (tertiary/aromatic N) is 1. The highest BCUT2D eigenvalue weighted by Crippen LogP contribution is 2.25. The average Bonchev–Trinajstić information content (AvgIpc) is 2.48. The summed E-state index contributed by atoms with van der Waals surface area (Å²) in [5.74, 6) is 0.171. The molecular weight excluding hydrogens is 302 g/mol. The molecule has 1 aromatic carbocycles. The van der Waals surface area contributed by atoms with Crippen molar-refractivity contribution in [3.63, 3.8) is 0 Å². The van der Waals surface area contributed by atoms with Crippen molar-refractivity contribution in [2.45, 2.75) is 30.7 Å². The Bertz CT molecular complexity index is 492. The molecule has 0 saturated carbocycles. The summed E-state index contributed by atoms with van der Waals surface area (Å²) in [6, 6.07) is 5.03. The lowest BCUT2D eigenvalue weighted by atomic mass is 9.99. The van der Waals surface area contributed by atoms with E-state index in [-0.39, 0.29) is 16.9 Å². The molecule has 2 rings (SSSR count). The highest BCUT2D eigenvalue weighted by Gasteiger charge is 2.44. The summed E-state index contributed by atoms with van der Waals surface area (Å²) in [5.41, 5.74) is -0.129. The number of ether oxygens (including phenoxy) is 2. The van der Waals surface area contributed by atoms with Gasteiger partial charge < -0.3 is 35.4 Å². The predicted octanol–water partition coefficient (Wildman–Crippen LogP) is -2.05. The molecule has 0 spiro atoms. The number of non-ortho nitro benzene ring substituents is 1. The van der Waals surface area contributed by atoms with Crippen LogP contribution in [0.2, 0.25) is 0 Å². The number of hydrogen-bond acceptors (Lipinski definition) is 8. The number of rotatable bonds is 4. The van der Waals surface area contributed by atoms with E-state index in [2.05, 4.69) is 0 Å². The van der Waals surface area contributed by atoms with Crippen molar-refractivity contribution in [2.75, 3.05) is 6.61 Å². The second kappa shape index (κ2) is 7.45. The summed E-state index contributed by atoms with van der Waals surface area (Å²) < 4.78 is 10.4. The topological polar surface area (TPSA) is 174 Å². The van der Waals surface area contributed by atoms with Gasteiger partial charge in [0.25, 0.3) is 5.69 Å². The molecule has 0 aliphatic carbocycles. The van der Waals surface area contributed by atoms with Gasteiger partial charge in [-0.05, 0) is 12.1 Å². The van der Waals surface area contributed by atoms with Crippen molar-refractivity contribution in [1.82, 2.24) is 0 Å². The molecule has 5 atom stereocenters. The maximum absolute atomic E-state index is 10.5. The van der Waals surface area contributed by atoms with E-state index in [1.54, 1.807) is 0 Å². The normalized spacial score (nSPS) is 31.2. The van der Waals surface area contributed by atoms with Gasteiger partial charge in [-0.15, -0.1) is 0 Å². The van der Waals surface area contributed by atoms with E-state index < -0.39 is 42.2 Å². The minimum atomic E-state index is -1.54. The molecule has 1 aliphatic heterocycles. The number of nitro benzene ring substituents is 1. The fraction of sp³-hybridized carbons (Fsp3) is 0.500. The molecule has 1 fully saturated rings. The lowest BCUT2D eigenvalue weighted by molar-refractivity contribution is -0.384. The molecule has 1 aromatic rings. The lowest BCUT2D eigenvalue weighted by Crippen LogP contribution is -2.60. The first-order valence-electron chi connectivity index (χ1n) is 6.15. The Morgan fingerprint density at radius 3 is 2.23 bits per heavy atom. The summed E-state index contributed by atoms with van der Waals surface area (Å²) in [4.78, 5) is 9.95. The molecule has 0 unspecified atom stereocenters. The Labute approximate surface area is 124 Å². The van der Waals surface area contributed by atoms with Gasteiger partial charge in [-0.1, -0.05) is 0 Å². The van der Waals surface area contributed by atoms with E-state index in [1.165, 1.54) is 24.3 Å². The molecule has 124 valence electrons. The van der Waals surface area contributed by atoms with E-state index in [4.69, 9.17) is 14.6 Å². The molecule has 10 nitrogen and oxygen atoms in total. The zero-order valence-corrected chi connectivity index (χ0v) is 11.3. The van der Waals surface area contributed by atoms with Gasteiger partial charge in [0.05, 0.1) is 11.5 Å². The maximum Gasteiger partial charge on any atom is 0.269 e. The van der Waals surface area contributed by atoms with Crippen LogP contribution in [0.4, 0.5) is 5.69 Å². The van der Waals surface area contributed by atoms with Crippen LogP contribution in [0, 0.1) is 10.1 Å². The number of aliphatic hydroxyl groups is 4. The van der Waals surface area contributed by atoms with Crippen molar-refractivity contribution in [2.24, 2.45) is 0 Å². The highest BCUT2D eigenvalue weighted by atomic mass is 16.7. The maximum atomic E-state index is 10.5. The Hall–Kier alpha value is -1.82. The van der Waals surface area contributed by atoms with Gasteiger partial charge in [-0.3, -0.25) is 10.1 Å². The van der Waals surface area contributed by atoms with Crippen molar-refractivity contribution in [1.29, 1.82) is 0 Å². The van der Waals surface area contributed by atoms with E-state index in [0.717, 1.165) is 0 Å². The number of nitro groups is 1. The third kappa shape index (κ3) is 3.68. The van der Waals surface area contributed by atoms with Crippen LogP contribution in [0.15, 0.2) is 24.3 Å². The fourth-order valence-electron chi connectivity index (χ4n) is 1.95. The molecule has 1 saturated heterocycles. The van der Waals surface area contributed by atoms with Crippen LogP contribution in [0.3, 0.4) is 0 Å². The number of benzene rings is 1. The van der Waals surface area contributed by atoms with E-state index in [1.807, 2.05) is 0 Å². The zero-order chi connectivity index (χ0) is 15.6. The molecule has 1 aliphatic rings. The Kier molecular flexibility index (Phi) is 6.17. The molecule has 1 heterocycles. The lowest BCUT2D eigenvalue weighted by Gasteiger charge is -2.39. The van der Waals surface area contributed by atoms with Gasteiger partial charge in [0.15, 0.2) is 0 Å². The number of aliphatic hydroxyl groups excluding tert-OH is 4. The zero-order valence-electron chi connectivity index (χ0n) is 11.3. The average molecular weight is 319 g/mol. The molecule has 6 N–H and O–H groups in total. The van der Waals surface area contributed by atoms with Gasteiger partial charge in [0.1, 0.15) is 30.2 Å². The standard InChI is InChI=1S/C12H15NO8.H2O/c14-5-8-9(15)10(16)11(17)12(21-8)20-7-3-1-6(2-4-7)13(18)19;/h1-4,8-12,14-17H,5H2;1H2/t8-,9+,10+,11-,12-;/m1./s1. The van der Waals surface area contributed by atoms with Crippen molar-refractivity contribution in [3.8, 4) is 5.75 Å². The van der Waals surface area contributed by atoms with Crippen LogP contribution in [0.25, 0.3) is 0 Å². The summed E-state index contributed by atoms with van der Waals surface area (Å²) in [6.45, 7) is -0.564. The number of hydrogen-bond donors (Lipinski definition) is 4. The van der Waals surface area contributed by atoms with Gasteiger partial charge in [-0.25, -0.2) is 0 Å². The first-order chi connectivity index (χ1) is 9.93. The van der Waals surface area contributed by atoms with Gasteiger partial charge in [0.2, 0.25) is 6.29 Å². The summed E-state index contributed by atoms with van der Waals surface area (Å²) in [6.07, 6.45) is -6.94. The summed E-state index contributed by atoms with van der Waals surface area (Å²) >= 11 is 0. The van der Waals surface area contributed by atoms with Crippen molar-refractivity contribution >= 4 is 5.69 Å². The molecule has 22 heavy (non-hydrogen) atoms. The van der Waals surface area contributed by atoms with Crippen molar-refractivity contribution in [3.05, 3.63) is 34.4 Å². The summed E-state index contributed by atoms with van der Waals surface area (Å²) in [5, 5.41) is 48.6. The Balaban J connectivity index is 0.00000242. The van der Waals surface area contributed by atoms with Crippen LogP contribution in [-0.2, 0) is 4.74 Å². The molecule has 0 amide bonds. The van der Waals surface area contributed by atoms with Gasteiger partial charge in [0, 0.05) is 12.1 Å². The quantitative estimate of drug-likeness (QED) is 0.362. The van der Waals surface area contributed by atoms with Crippen molar-refractivity contribution < 1.29 is 40.3 Å². The molecule has 0 bridgehead atoms. The second-order valence-corrected chi connectivity index (χ2v) is 4.57. The first-order valence-corrected chi connectivity index (χ1v) is 6.15. The van der Waals surface area contributed by atoms with Crippen LogP contribution in [0.5, 0.6) is 5.75 Å². The van der Waals surface area contributed by atoms with Crippen LogP contribution < -0.4 is 4.74 Å². The molecular formula is C12H17NO9. The largest absolute Gasteiger partial charge is 0.462 e. The van der Waals surface area contributed by atoms with E-state index in [9.17, 15) is 25.4 Å². The van der Waals surface area contributed by atoms with Crippen LogP contribution in [-0.4, -0.2) is 68.1 Å². The smallest absolute Gasteiger partial charge is 0.269 e. The van der Waals surface area contributed by atoms with Crippen LogP contribution >= 0.6 is 0 Å². The minimum absolute atomic E-state index is 0. The van der Waals surface area contributed by atoms with Gasteiger partial charge >= 0.3 is 0 Å². The first kappa shape index (κ1) is 18.2. The molecule has 0 radical (unpaired) electrons. The van der Waals surface area contributed by atoms with Gasteiger partial charge in [-0.2, -0.15) is 0 Å². The molecule has 0 aromatic heterocycles. The van der Waals surface area contributed by atoms with E-state index in [0.29, 0.717) is 0 Å². The monoisotopic (exact) mass is 319 g/mol. The molecule has 10 heteroatoms. The predicted molar refractivity (Wildman–Crippen MR) is 71.1 cm³/mol. The summed E-state index contributed by atoms with van der Waals surface area (Å²) in [7, 11) is 0. The fourth-order valence-corrected chi connectivity index (χ4v) is 1.95. The second-order valence-electron chi connectivity index (χ2n) is 4.57. The minimum Gasteiger partial charge on any atom is -0.462 e. The Morgan fingerprint density at radius 2 is 1.73 bits per heavy atom. The Morgan fingerprint density at radius 1 is 1.14 bits per heavy atom. The third-order valence-electron chi connectivity index (χ3n) is 3.15. The van der Waals surface area contributed by atoms with Crippen LogP contribution in [0.1, 0.15) is 0 Å². The SMILES string of the molecule is O.O=[N+]([O-])c1ccc(O[C@@H]2O[C@H](CO)[C@H](O)[C@H](O)[C@H]2O)cc1. The highest BCUT2D eigenvalue weighted by molar-refractivity contribution is 5.36.